The molecule has 10 aromatic rings. The van der Waals surface area contributed by atoms with Gasteiger partial charge in [-0.05, 0) is 76.9 Å². The summed E-state index contributed by atoms with van der Waals surface area (Å²) >= 11 is 3.61. The number of hydrogen-bond acceptors (Lipinski definition) is 2. The Balaban J connectivity index is 1.07. The number of hydrogen-bond donors (Lipinski definition) is 1. The molecule has 8 aromatic carbocycles. The molecule has 2 heterocycles. The van der Waals surface area contributed by atoms with Crippen molar-refractivity contribution in [2.45, 2.75) is 0 Å². The maximum Gasteiger partial charge on any atom is 0.143 e. The van der Waals surface area contributed by atoms with Crippen molar-refractivity contribution in [2.24, 2.45) is 0 Å². The lowest BCUT2D eigenvalue weighted by Crippen LogP contribution is -2.11. The molecule has 0 spiro atoms. The van der Waals surface area contributed by atoms with Gasteiger partial charge in [-0.15, -0.1) is 0 Å². The minimum Gasteiger partial charge on any atom is -0.455 e. The SMILES string of the molecule is Brc1ccc2c(c1)[nH]c1cc(-c3ccc(N(c4ccc(-c5cccc6c5oc5ccccc56)cc4)c4ccccc4-c4ccccc4)cc3)ccc12. The summed E-state index contributed by atoms with van der Waals surface area (Å²) in [6, 6.07) is 64.8. The fourth-order valence-electron chi connectivity index (χ4n) is 7.59. The van der Waals surface area contributed by atoms with E-state index in [0.29, 0.717) is 0 Å². The highest BCUT2D eigenvalue weighted by Gasteiger charge is 2.19. The lowest BCUT2D eigenvalue weighted by Gasteiger charge is -2.28. The van der Waals surface area contributed by atoms with Gasteiger partial charge in [-0.3, -0.25) is 0 Å². The quantitative estimate of drug-likeness (QED) is 0.185. The molecular weight excluding hydrogens is 700 g/mol. The molecule has 0 atom stereocenters. The van der Waals surface area contributed by atoms with E-state index in [0.717, 1.165) is 71.2 Å². The Bertz CT molecular complexity index is 2900. The van der Waals surface area contributed by atoms with Gasteiger partial charge in [0.25, 0.3) is 0 Å². The molecule has 0 bridgehead atoms. The van der Waals surface area contributed by atoms with Crippen LogP contribution in [0.4, 0.5) is 17.1 Å². The first-order valence-electron chi connectivity index (χ1n) is 17.4. The summed E-state index contributed by atoms with van der Waals surface area (Å²) in [5.41, 5.74) is 14.2. The van der Waals surface area contributed by atoms with Crippen molar-refractivity contribution >= 4 is 76.7 Å². The van der Waals surface area contributed by atoms with Crippen LogP contribution >= 0.6 is 15.9 Å². The molecule has 0 aliphatic carbocycles. The Kier molecular flexibility index (Phi) is 7.29. The van der Waals surface area contributed by atoms with E-state index >= 15 is 0 Å². The number of fused-ring (bicyclic) bond motifs is 6. The van der Waals surface area contributed by atoms with Crippen LogP contribution in [0.3, 0.4) is 0 Å². The number of furan rings is 1. The topological polar surface area (TPSA) is 32.2 Å². The Labute approximate surface area is 309 Å². The molecule has 0 unspecified atom stereocenters. The van der Waals surface area contributed by atoms with Crippen LogP contribution in [-0.4, -0.2) is 4.98 Å². The number of aromatic amines is 1. The maximum atomic E-state index is 6.40. The first kappa shape index (κ1) is 30.5. The van der Waals surface area contributed by atoms with E-state index in [9.17, 15) is 0 Å². The predicted octanol–water partition coefficient (Wildman–Crippen LogP) is 14.5. The summed E-state index contributed by atoms with van der Waals surface area (Å²) in [5, 5.41) is 4.73. The van der Waals surface area contributed by atoms with E-state index in [2.05, 4.69) is 196 Å². The molecule has 0 aliphatic rings. The van der Waals surface area contributed by atoms with E-state index in [1.54, 1.807) is 0 Å². The molecule has 0 saturated carbocycles. The van der Waals surface area contributed by atoms with Gasteiger partial charge in [0.1, 0.15) is 11.2 Å². The number of halogens is 1. The molecule has 0 radical (unpaired) electrons. The molecule has 2 aromatic heterocycles. The van der Waals surface area contributed by atoms with E-state index < -0.39 is 0 Å². The summed E-state index contributed by atoms with van der Waals surface area (Å²) in [6.07, 6.45) is 0. The number of benzene rings is 8. The van der Waals surface area contributed by atoms with Gasteiger partial charge in [-0.2, -0.15) is 0 Å². The van der Waals surface area contributed by atoms with Crippen molar-refractivity contribution in [1.82, 2.24) is 4.98 Å². The van der Waals surface area contributed by atoms with Crippen LogP contribution in [-0.2, 0) is 0 Å². The van der Waals surface area contributed by atoms with Crippen LogP contribution in [0, 0.1) is 0 Å². The molecule has 246 valence electrons. The van der Waals surface area contributed by atoms with Crippen LogP contribution in [0.2, 0.25) is 0 Å². The Morgan fingerprint density at radius 2 is 1.02 bits per heavy atom. The molecule has 1 N–H and O–H groups in total. The van der Waals surface area contributed by atoms with Crippen LogP contribution in [0.15, 0.2) is 191 Å². The fourth-order valence-corrected chi connectivity index (χ4v) is 7.95. The van der Waals surface area contributed by atoms with Gasteiger partial charge >= 0.3 is 0 Å². The zero-order chi connectivity index (χ0) is 34.6. The summed E-state index contributed by atoms with van der Waals surface area (Å²) in [6.45, 7) is 0. The van der Waals surface area contributed by atoms with Crippen molar-refractivity contribution in [3.8, 4) is 33.4 Å². The van der Waals surface area contributed by atoms with Crippen LogP contribution in [0.5, 0.6) is 0 Å². The van der Waals surface area contributed by atoms with Gasteiger partial charge in [0.2, 0.25) is 0 Å². The first-order chi connectivity index (χ1) is 25.7. The molecule has 0 aliphatic heterocycles. The first-order valence-corrected chi connectivity index (χ1v) is 18.2. The van der Waals surface area contributed by atoms with E-state index in [1.165, 1.54) is 27.5 Å². The monoisotopic (exact) mass is 730 g/mol. The number of H-pyrrole nitrogens is 1. The van der Waals surface area contributed by atoms with Gasteiger partial charge < -0.3 is 14.3 Å². The zero-order valence-corrected chi connectivity index (χ0v) is 29.6. The maximum absolute atomic E-state index is 6.40. The molecule has 0 saturated heterocycles. The van der Waals surface area contributed by atoms with E-state index in [4.69, 9.17) is 4.42 Å². The van der Waals surface area contributed by atoms with Crippen LogP contribution in [0.1, 0.15) is 0 Å². The van der Waals surface area contributed by atoms with Gasteiger partial charge in [0.15, 0.2) is 0 Å². The molecule has 4 heteroatoms. The minimum atomic E-state index is 0.906. The highest BCUT2D eigenvalue weighted by molar-refractivity contribution is 9.10. The van der Waals surface area contributed by atoms with Gasteiger partial charge in [-0.1, -0.05) is 143 Å². The predicted molar refractivity (Wildman–Crippen MR) is 222 cm³/mol. The smallest absolute Gasteiger partial charge is 0.143 e. The Morgan fingerprint density at radius 1 is 0.423 bits per heavy atom. The van der Waals surface area contributed by atoms with Gasteiger partial charge in [0, 0.05) is 59.6 Å². The Hall–Kier alpha value is -6.36. The number of aromatic nitrogens is 1. The Morgan fingerprint density at radius 3 is 1.83 bits per heavy atom. The third-order valence-electron chi connectivity index (χ3n) is 10.1. The normalized spacial score (nSPS) is 11.6. The average molecular weight is 732 g/mol. The third kappa shape index (κ3) is 5.19. The highest BCUT2D eigenvalue weighted by atomic mass is 79.9. The number of para-hydroxylation sites is 3. The number of nitrogens with zero attached hydrogens (tertiary/aromatic N) is 1. The number of anilines is 3. The van der Waals surface area contributed by atoms with Crippen molar-refractivity contribution < 1.29 is 4.42 Å². The summed E-state index contributed by atoms with van der Waals surface area (Å²) in [5.74, 6) is 0. The van der Waals surface area contributed by atoms with Crippen molar-refractivity contribution in [2.75, 3.05) is 4.90 Å². The van der Waals surface area contributed by atoms with Crippen LogP contribution < -0.4 is 4.90 Å². The summed E-state index contributed by atoms with van der Waals surface area (Å²) < 4.78 is 7.46. The highest BCUT2D eigenvalue weighted by Crippen LogP contribution is 2.43. The van der Waals surface area contributed by atoms with Crippen molar-refractivity contribution in [3.63, 3.8) is 0 Å². The summed E-state index contributed by atoms with van der Waals surface area (Å²) in [4.78, 5) is 5.97. The van der Waals surface area contributed by atoms with E-state index in [-0.39, 0.29) is 0 Å². The molecule has 0 amide bonds. The number of rotatable bonds is 6. The second-order valence-electron chi connectivity index (χ2n) is 13.2. The summed E-state index contributed by atoms with van der Waals surface area (Å²) in [7, 11) is 0. The van der Waals surface area contributed by atoms with Gasteiger partial charge in [-0.25, -0.2) is 0 Å². The molecule has 3 nitrogen and oxygen atoms in total. The zero-order valence-electron chi connectivity index (χ0n) is 28.1. The largest absolute Gasteiger partial charge is 0.455 e. The lowest BCUT2D eigenvalue weighted by molar-refractivity contribution is 0.670. The third-order valence-corrected chi connectivity index (χ3v) is 10.6. The lowest BCUT2D eigenvalue weighted by atomic mass is 9.99. The second-order valence-corrected chi connectivity index (χ2v) is 14.1. The van der Waals surface area contributed by atoms with Gasteiger partial charge in [0.05, 0.1) is 5.69 Å². The average Bonchev–Trinajstić information content (AvgIpc) is 3.77. The number of nitrogens with one attached hydrogen (secondary N) is 1. The standard InChI is InChI=1S/C48H31BrN2O/c49-35-22-28-41-40-27-21-34(29-44(40)50-45(41)30-35)31-17-23-36(24-18-31)51(46-15-6-4-11-38(46)32-9-2-1-3-10-32)37-25-19-33(20-26-37)39-13-8-14-43-42-12-5-7-16-47(42)52-48(39)43/h1-30,50H. The molecule has 52 heavy (non-hydrogen) atoms. The van der Waals surface area contributed by atoms with Crippen LogP contribution in [0.25, 0.3) is 77.1 Å². The molecule has 10 rings (SSSR count). The van der Waals surface area contributed by atoms with Crippen molar-refractivity contribution in [3.05, 3.63) is 186 Å². The van der Waals surface area contributed by atoms with E-state index in [1.807, 2.05) is 12.1 Å². The fraction of sp³-hybridized carbons (Fsp3) is 0. The van der Waals surface area contributed by atoms with Crippen molar-refractivity contribution in [1.29, 1.82) is 0 Å². The second kappa shape index (κ2) is 12.4. The minimum absolute atomic E-state index is 0.906. The molecular formula is C48H31BrN2O. The molecule has 0 fully saturated rings.